The molecular formula is C13H25NO3. The minimum absolute atomic E-state index is 0.117. The maximum absolute atomic E-state index is 11.5. The molecule has 0 amide bonds. The average molecular weight is 243 g/mol. The summed E-state index contributed by atoms with van der Waals surface area (Å²) in [6, 6.07) is 0. The lowest BCUT2D eigenvalue weighted by molar-refractivity contribution is -0.152. The van der Waals surface area contributed by atoms with Gasteiger partial charge >= 0.3 is 5.97 Å². The third-order valence-electron chi connectivity index (χ3n) is 4.36. The zero-order valence-corrected chi connectivity index (χ0v) is 11.4. The van der Waals surface area contributed by atoms with Gasteiger partial charge in [-0.15, -0.1) is 0 Å². The number of rotatable bonds is 5. The van der Waals surface area contributed by atoms with Crippen molar-refractivity contribution in [3.8, 4) is 0 Å². The van der Waals surface area contributed by atoms with Gasteiger partial charge in [0.25, 0.3) is 0 Å². The molecule has 0 aliphatic carbocycles. The molecule has 0 aromatic carbocycles. The van der Waals surface area contributed by atoms with Gasteiger partial charge in [0.1, 0.15) is 5.54 Å². The number of carboxylic acids is 1. The predicted molar refractivity (Wildman–Crippen MR) is 66.9 cm³/mol. The maximum Gasteiger partial charge on any atom is 0.324 e. The number of nitrogens with zero attached hydrogens (tertiary/aromatic N) is 1. The first kappa shape index (κ1) is 14.5. The highest BCUT2D eigenvalue weighted by Crippen LogP contribution is 2.34. The van der Waals surface area contributed by atoms with E-state index in [0.717, 1.165) is 13.0 Å². The second-order valence-electron chi connectivity index (χ2n) is 5.73. The molecular weight excluding hydrogens is 218 g/mol. The summed E-state index contributed by atoms with van der Waals surface area (Å²) in [5, 5.41) is 19.8. The SMILES string of the molecule is CCC1(C(=O)O)CCCN1CC(C)(O)C(C)C. The summed E-state index contributed by atoms with van der Waals surface area (Å²) in [4.78, 5) is 13.5. The molecule has 0 aromatic rings. The molecule has 1 heterocycles. The fraction of sp³-hybridized carbons (Fsp3) is 0.923. The van der Waals surface area contributed by atoms with E-state index in [1.54, 1.807) is 6.92 Å². The van der Waals surface area contributed by atoms with Gasteiger partial charge in [0.05, 0.1) is 5.60 Å². The number of hydrogen-bond donors (Lipinski definition) is 2. The topological polar surface area (TPSA) is 60.8 Å². The normalized spacial score (nSPS) is 29.5. The van der Waals surface area contributed by atoms with Crippen molar-refractivity contribution in [1.82, 2.24) is 4.90 Å². The smallest absolute Gasteiger partial charge is 0.324 e. The van der Waals surface area contributed by atoms with Gasteiger partial charge in [-0.1, -0.05) is 20.8 Å². The van der Waals surface area contributed by atoms with E-state index < -0.39 is 17.1 Å². The van der Waals surface area contributed by atoms with Crippen molar-refractivity contribution in [2.75, 3.05) is 13.1 Å². The zero-order chi connectivity index (χ0) is 13.3. The highest BCUT2D eigenvalue weighted by atomic mass is 16.4. The Labute approximate surface area is 104 Å². The summed E-state index contributed by atoms with van der Waals surface area (Å²) < 4.78 is 0. The molecule has 0 spiro atoms. The first-order valence-electron chi connectivity index (χ1n) is 6.47. The van der Waals surface area contributed by atoms with Crippen LogP contribution in [0.1, 0.15) is 47.0 Å². The molecule has 1 rings (SSSR count). The summed E-state index contributed by atoms with van der Waals surface area (Å²) in [5.41, 5.74) is -1.60. The van der Waals surface area contributed by atoms with Crippen LogP contribution in [0, 0.1) is 5.92 Å². The minimum atomic E-state index is -0.833. The van der Waals surface area contributed by atoms with Crippen LogP contribution in [-0.2, 0) is 4.79 Å². The van der Waals surface area contributed by atoms with E-state index in [9.17, 15) is 15.0 Å². The van der Waals surface area contributed by atoms with Gasteiger partial charge in [-0.2, -0.15) is 0 Å². The van der Waals surface area contributed by atoms with Crippen LogP contribution in [0.15, 0.2) is 0 Å². The van der Waals surface area contributed by atoms with Crippen molar-refractivity contribution in [1.29, 1.82) is 0 Å². The Morgan fingerprint density at radius 3 is 2.53 bits per heavy atom. The Morgan fingerprint density at radius 2 is 2.12 bits per heavy atom. The molecule has 2 N–H and O–H groups in total. The zero-order valence-electron chi connectivity index (χ0n) is 11.4. The predicted octanol–water partition coefficient (Wildman–Crippen LogP) is 1.72. The summed E-state index contributed by atoms with van der Waals surface area (Å²) in [6.07, 6.45) is 2.18. The van der Waals surface area contributed by atoms with Crippen molar-refractivity contribution >= 4 is 5.97 Å². The van der Waals surface area contributed by atoms with Crippen LogP contribution in [0.5, 0.6) is 0 Å². The Balaban J connectivity index is 2.87. The van der Waals surface area contributed by atoms with Gasteiger partial charge in [0.2, 0.25) is 0 Å². The van der Waals surface area contributed by atoms with Gasteiger partial charge < -0.3 is 10.2 Å². The van der Waals surface area contributed by atoms with Crippen LogP contribution in [0.3, 0.4) is 0 Å². The van der Waals surface area contributed by atoms with Gasteiger partial charge in [-0.25, -0.2) is 0 Å². The largest absolute Gasteiger partial charge is 0.480 e. The molecule has 0 aromatic heterocycles. The second-order valence-corrected chi connectivity index (χ2v) is 5.73. The Bertz CT molecular complexity index is 288. The molecule has 100 valence electrons. The molecule has 1 fully saturated rings. The lowest BCUT2D eigenvalue weighted by atomic mass is 9.88. The Kier molecular flexibility index (Phi) is 4.20. The van der Waals surface area contributed by atoms with Gasteiger partial charge in [-0.05, 0) is 38.6 Å². The van der Waals surface area contributed by atoms with Crippen molar-refractivity contribution < 1.29 is 15.0 Å². The molecule has 1 aliphatic rings. The number of β-amino-alcohol motifs (C(OH)–C–C–N with tert-alkyl or cyclic N) is 1. The first-order chi connectivity index (χ1) is 7.76. The van der Waals surface area contributed by atoms with Crippen LogP contribution in [0.4, 0.5) is 0 Å². The summed E-state index contributed by atoms with van der Waals surface area (Å²) in [5.74, 6) is -0.636. The van der Waals surface area contributed by atoms with Crippen LogP contribution in [0.25, 0.3) is 0 Å². The number of carbonyl (C=O) groups is 1. The van der Waals surface area contributed by atoms with Crippen molar-refractivity contribution in [2.45, 2.75) is 58.1 Å². The highest BCUT2D eigenvalue weighted by molar-refractivity contribution is 5.79. The lowest BCUT2D eigenvalue weighted by Crippen LogP contribution is -2.55. The molecule has 4 nitrogen and oxygen atoms in total. The number of hydrogen-bond acceptors (Lipinski definition) is 3. The second kappa shape index (κ2) is 4.94. The van der Waals surface area contributed by atoms with Crippen LogP contribution >= 0.6 is 0 Å². The van der Waals surface area contributed by atoms with Gasteiger partial charge in [-0.3, -0.25) is 9.69 Å². The van der Waals surface area contributed by atoms with E-state index in [1.165, 1.54) is 0 Å². The van der Waals surface area contributed by atoms with Gasteiger partial charge in [0, 0.05) is 6.54 Å². The standard InChI is InChI=1S/C13H25NO3/c1-5-13(11(15)16)7-6-8-14(13)9-12(4,17)10(2)3/h10,17H,5-9H2,1-4H3,(H,15,16). The van der Waals surface area contributed by atoms with E-state index in [1.807, 2.05) is 25.7 Å². The van der Waals surface area contributed by atoms with Crippen LogP contribution < -0.4 is 0 Å². The highest BCUT2D eigenvalue weighted by Gasteiger charge is 2.48. The average Bonchev–Trinajstić information content (AvgIpc) is 2.61. The van der Waals surface area contributed by atoms with Crippen molar-refractivity contribution in [3.63, 3.8) is 0 Å². The van der Waals surface area contributed by atoms with Crippen molar-refractivity contribution in [3.05, 3.63) is 0 Å². The third-order valence-corrected chi connectivity index (χ3v) is 4.36. The number of carboxylic acid groups (broad SMARTS) is 1. The Morgan fingerprint density at radius 1 is 1.53 bits per heavy atom. The molecule has 2 unspecified atom stereocenters. The maximum atomic E-state index is 11.5. The number of aliphatic hydroxyl groups is 1. The summed E-state index contributed by atoms with van der Waals surface area (Å²) in [6.45, 7) is 8.83. The number of aliphatic carboxylic acids is 1. The molecule has 4 heteroatoms. The number of likely N-dealkylation sites (tertiary alicyclic amines) is 1. The summed E-state index contributed by atoms with van der Waals surface area (Å²) >= 11 is 0. The van der Waals surface area contributed by atoms with E-state index >= 15 is 0 Å². The molecule has 2 atom stereocenters. The van der Waals surface area contributed by atoms with Gasteiger partial charge in [0.15, 0.2) is 0 Å². The quantitative estimate of drug-likeness (QED) is 0.772. The molecule has 0 bridgehead atoms. The first-order valence-corrected chi connectivity index (χ1v) is 6.47. The fourth-order valence-corrected chi connectivity index (χ4v) is 2.53. The molecule has 17 heavy (non-hydrogen) atoms. The molecule has 0 saturated carbocycles. The fourth-order valence-electron chi connectivity index (χ4n) is 2.53. The third kappa shape index (κ3) is 2.63. The van der Waals surface area contributed by atoms with E-state index in [4.69, 9.17) is 0 Å². The van der Waals surface area contributed by atoms with Crippen LogP contribution in [-0.4, -0.2) is 45.3 Å². The van der Waals surface area contributed by atoms with Crippen LogP contribution in [0.2, 0.25) is 0 Å². The van der Waals surface area contributed by atoms with E-state index in [-0.39, 0.29) is 5.92 Å². The molecule has 0 radical (unpaired) electrons. The molecule has 1 aliphatic heterocycles. The van der Waals surface area contributed by atoms with E-state index in [2.05, 4.69) is 0 Å². The van der Waals surface area contributed by atoms with E-state index in [0.29, 0.717) is 19.4 Å². The van der Waals surface area contributed by atoms with Crippen molar-refractivity contribution in [2.24, 2.45) is 5.92 Å². The Hall–Kier alpha value is -0.610. The lowest BCUT2D eigenvalue weighted by Gasteiger charge is -2.40. The molecule has 1 saturated heterocycles. The minimum Gasteiger partial charge on any atom is -0.480 e. The monoisotopic (exact) mass is 243 g/mol. The summed E-state index contributed by atoms with van der Waals surface area (Å²) in [7, 11) is 0.